The third kappa shape index (κ3) is 5.07. The fourth-order valence-corrected chi connectivity index (χ4v) is 2.89. The zero-order chi connectivity index (χ0) is 22.0. The number of benzene rings is 2. The van der Waals surface area contributed by atoms with Crippen LogP contribution in [0.25, 0.3) is 0 Å². The molecule has 10 heteroatoms. The molecule has 0 aromatic heterocycles. The summed E-state index contributed by atoms with van der Waals surface area (Å²) in [6, 6.07) is 6.61. The number of rotatable bonds is 5. The summed E-state index contributed by atoms with van der Waals surface area (Å²) >= 11 is 0. The number of hydrogen-bond donors (Lipinski definition) is 1. The number of alkyl halides is 6. The maximum absolute atomic E-state index is 13.0. The third-order valence-electron chi connectivity index (χ3n) is 4.20. The highest BCUT2D eigenvalue weighted by molar-refractivity contribution is 5.89. The van der Waals surface area contributed by atoms with Crippen LogP contribution in [0.3, 0.4) is 0 Å². The SMILES string of the molecule is COC(=O)C(c1cccc(C(F)(F)F)c1)C(C(=O)O)c1cccc(C(F)(F)F)c1. The van der Waals surface area contributed by atoms with Crippen molar-refractivity contribution in [1.29, 1.82) is 0 Å². The van der Waals surface area contributed by atoms with Crippen LogP contribution < -0.4 is 0 Å². The van der Waals surface area contributed by atoms with Crippen LogP contribution in [0.5, 0.6) is 0 Å². The van der Waals surface area contributed by atoms with Crippen LogP contribution >= 0.6 is 0 Å². The van der Waals surface area contributed by atoms with E-state index in [4.69, 9.17) is 0 Å². The summed E-state index contributed by atoms with van der Waals surface area (Å²) in [6.45, 7) is 0. The summed E-state index contributed by atoms with van der Waals surface area (Å²) in [6.07, 6.45) is -9.55. The smallest absolute Gasteiger partial charge is 0.416 e. The lowest BCUT2D eigenvalue weighted by atomic mass is 9.80. The number of carboxylic acid groups (broad SMARTS) is 1. The quantitative estimate of drug-likeness (QED) is 0.555. The highest BCUT2D eigenvalue weighted by Crippen LogP contribution is 2.39. The van der Waals surface area contributed by atoms with Gasteiger partial charge >= 0.3 is 24.3 Å². The number of ether oxygens (including phenoxy) is 1. The first-order valence-electron chi connectivity index (χ1n) is 8.01. The van der Waals surface area contributed by atoms with Crippen molar-refractivity contribution in [2.24, 2.45) is 0 Å². The normalized spacial score (nSPS) is 14.2. The van der Waals surface area contributed by atoms with Gasteiger partial charge in [-0.15, -0.1) is 0 Å². The van der Waals surface area contributed by atoms with Gasteiger partial charge in [0.2, 0.25) is 0 Å². The molecule has 0 radical (unpaired) electrons. The minimum absolute atomic E-state index is 0.350. The van der Waals surface area contributed by atoms with Gasteiger partial charge in [-0.05, 0) is 23.3 Å². The zero-order valence-electron chi connectivity index (χ0n) is 14.7. The molecule has 0 fully saturated rings. The molecular formula is C19H14F6O4. The second kappa shape index (κ2) is 8.14. The number of carboxylic acids is 1. The first-order valence-corrected chi connectivity index (χ1v) is 8.01. The van der Waals surface area contributed by atoms with Crippen molar-refractivity contribution in [3.8, 4) is 0 Å². The van der Waals surface area contributed by atoms with Gasteiger partial charge < -0.3 is 9.84 Å². The summed E-state index contributed by atoms with van der Waals surface area (Å²) in [5.74, 6) is -6.61. The van der Waals surface area contributed by atoms with Crippen LogP contribution in [0.1, 0.15) is 34.1 Å². The molecule has 1 N–H and O–H groups in total. The number of carbonyl (C=O) groups is 2. The number of esters is 1. The zero-order valence-corrected chi connectivity index (χ0v) is 14.7. The molecule has 4 nitrogen and oxygen atoms in total. The Hall–Kier alpha value is -3.04. The first kappa shape index (κ1) is 22.3. The number of hydrogen-bond acceptors (Lipinski definition) is 3. The molecule has 0 aliphatic carbocycles. The Morgan fingerprint density at radius 2 is 1.24 bits per heavy atom. The van der Waals surface area contributed by atoms with Crippen molar-refractivity contribution in [3.05, 3.63) is 70.8 Å². The lowest BCUT2D eigenvalue weighted by molar-refractivity contribution is -0.149. The van der Waals surface area contributed by atoms with Crippen LogP contribution in [0.2, 0.25) is 0 Å². The molecule has 29 heavy (non-hydrogen) atoms. The molecule has 2 rings (SSSR count). The minimum Gasteiger partial charge on any atom is -0.481 e. The second-order valence-corrected chi connectivity index (χ2v) is 6.06. The average molecular weight is 420 g/mol. The Balaban J connectivity index is 2.66. The molecule has 156 valence electrons. The Morgan fingerprint density at radius 3 is 1.59 bits per heavy atom. The maximum atomic E-state index is 13.0. The van der Waals surface area contributed by atoms with E-state index in [2.05, 4.69) is 4.74 Å². The van der Waals surface area contributed by atoms with Crippen molar-refractivity contribution in [2.45, 2.75) is 24.2 Å². The van der Waals surface area contributed by atoms with E-state index in [1.807, 2.05) is 0 Å². The van der Waals surface area contributed by atoms with Crippen molar-refractivity contribution in [1.82, 2.24) is 0 Å². The van der Waals surface area contributed by atoms with Gasteiger partial charge in [0.15, 0.2) is 0 Å². The summed E-state index contributed by atoms with van der Waals surface area (Å²) < 4.78 is 82.6. The van der Waals surface area contributed by atoms with Gasteiger partial charge in [-0.2, -0.15) is 26.3 Å². The van der Waals surface area contributed by atoms with Crippen molar-refractivity contribution in [2.75, 3.05) is 7.11 Å². The van der Waals surface area contributed by atoms with Crippen molar-refractivity contribution < 1.29 is 45.8 Å². The largest absolute Gasteiger partial charge is 0.481 e. The fourth-order valence-electron chi connectivity index (χ4n) is 2.89. The van der Waals surface area contributed by atoms with E-state index in [0.29, 0.717) is 18.2 Å². The van der Waals surface area contributed by atoms with Crippen molar-refractivity contribution >= 4 is 11.9 Å². The van der Waals surface area contributed by atoms with Gasteiger partial charge in [0.25, 0.3) is 0 Å². The number of aliphatic carboxylic acids is 1. The molecule has 0 aliphatic heterocycles. The van der Waals surface area contributed by atoms with Gasteiger partial charge in [-0.25, -0.2) is 0 Å². The summed E-state index contributed by atoms with van der Waals surface area (Å²) in [7, 11) is 0.897. The van der Waals surface area contributed by atoms with Gasteiger partial charge in [0.05, 0.1) is 30.1 Å². The van der Waals surface area contributed by atoms with Crippen LogP contribution in [0.4, 0.5) is 26.3 Å². The predicted octanol–water partition coefficient (Wildman–Crippen LogP) is 4.85. The van der Waals surface area contributed by atoms with Crippen molar-refractivity contribution in [3.63, 3.8) is 0 Å². The summed E-state index contributed by atoms with van der Waals surface area (Å²) in [4.78, 5) is 24.2. The maximum Gasteiger partial charge on any atom is 0.416 e. The van der Waals surface area contributed by atoms with E-state index in [1.165, 1.54) is 0 Å². The molecule has 2 unspecified atom stereocenters. The molecule has 0 aliphatic rings. The van der Waals surface area contributed by atoms with Gasteiger partial charge in [-0.1, -0.05) is 36.4 Å². The Morgan fingerprint density at radius 1 is 0.828 bits per heavy atom. The minimum atomic E-state index is -4.78. The molecule has 0 bridgehead atoms. The molecule has 2 aromatic rings. The van der Waals surface area contributed by atoms with Gasteiger partial charge in [0.1, 0.15) is 0 Å². The van der Waals surface area contributed by atoms with Crippen LogP contribution in [0.15, 0.2) is 48.5 Å². The molecule has 2 atom stereocenters. The lowest BCUT2D eigenvalue weighted by Gasteiger charge is -2.24. The highest BCUT2D eigenvalue weighted by atomic mass is 19.4. The molecule has 0 heterocycles. The molecule has 0 amide bonds. The molecule has 0 saturated heterocycles. The Labute approximate surface area is 160 Å². The third-order valence-corrected chi connectivity index (χ3v) is 4.20. The monoisotopic (exact) mass is 420 g/mol. The van der Waals surface area contributed by atoms with Gasteiger partial charge in [0, 0.05) is 0 Å². The van der Waals surface area contributed by atoms with E-state index in [0.717, 1.165) is 37.4 Å². The molecule has 0 saturated carbocycles. The second-order valence-electron chi connectivity index (χ2n) is 6.06. The van der Waals surface area contributed by atoms with E-state index < -0.39 is 52.8 Å². The topological polar surface area (TPSA) is 63.6 Å². The summed E-state index contributed by atoms with van der Waals surface area (Å²) in [5.41, 5.74) is -3.05. The Kier molecular flexibility index (Phi) is 6.24. The average Bonchev–Trinajstić information content (AvgIpc) is 2.64. The van der Waals surface area contributed by atoms with E-state index in [1.54, 1.807) is 0 Å². The van der Waals surface area contributed by atoms with E-state index >= 15 is 0 Å². The van der Waals surface area contributed by atoms with E-state index in [-0.39, 0.29) is 5.56 Å². The number of carbonyl (C=O) groups excluding carboxylic acids is 1. The summed E-state index contributed by atoms with van der Waals surface area (Å²) in [5, 5.41) is 9.61. The molecule has 2 aromatic carbocycles. The van der Waals surface area contributed by atoms with Crippen LogP contribution in [0, 0.1) is 0 Å². The fraction of sp³-hybridized carbons (Fsp3) is 0.263. The van der Waals surface area contributed by atoms with Crippen LogP contribution in [-0.4, -0.2) is 24.2 Å². The Bertz CT molecular complexity index is 904. The number of halogens is 6. The predicted molar refractivity (Wildman–Crippen MR) is 88.0 cm³/mol. The number of methoxy groups -OCH3 is 1. The van der Waals surface area contributed by atoms with Gasteiger partial charge in [-0.3, -0.25) is 9.59 Å². The first-order chi connectivity index (χ1) is 13.4. The lowest BCUT2D eigenvalue weighted by Crippen LogP contribution is -2.28. The highest BCUT2D eigenvalue weighted by Gasteiger charge is 2.40. The van der Waals surface area contributed by atoms with Crippen LogP contribution in [-0.2, 0) is 26.7 Å². The standard InChI is InChI=1S/C19H14F6O4/c1-29-17(28)15(11-5-3-7-13(9-11)19(23,24)25)14(16(26)27)10-4-2-6-12(8-10)18(20,21)22/h2-9,14-15H,1H3,(H,26,27). The molecule has 0 spiro atoms. The van der Waals surface area contributed by atoms with E-state index in [9.17, 15) is 41.0 Å². The molecular weight excluding hydrogens is 406 g/mol.